The summed E-state index contributed by atoms with van der Waals surface area (Å²) in [7, 11) is 1.71. The fourth-order valence-corrected chi connectivity index (χ4v) is 1.79. The van der Waals surface area contributed by atoms with Crippen LogP contribution in [0.3, 0.4) is 0 Å². The van der Waals surface area contributed by atoms with Crippen molar-refractivity contribution in [1.82, 2.24) is 0 Å². The lowest BCUT2D eigenvalue weighted by molar-refractivity contribution is 0.416. The monoisotopic (exact) mass is 212 g/mol. The first-order valence-electron chi connectivity index (χ1n) is 5.43. The maximum atomic E-state index is 5.37. The molecule has 0 fully saturated rings. The maximum Gasteiger partial charge on any atom is 0.126 e. The number of benzene rings is 2. The zero-order valence-electron chi connectivity index (χ0n) is 9.95. The second kappa shape index (κ2) is 4.40. The molecule has 2 rings (SSSR count). The van der Waals surface area contributed by atoms with E-state index in [-0.39, 0.29) is 0 Å². The standard InChI is InChI=1S/C15H16O/c1-11-8-9-13(10-12(11)2)14-6-4-5-7-15(14)16-3/h4-10H,1-3H3. The SMILES string of the molecule is COc1ccccc1-c1ccc(C)c(C)c1. The highest BCUT2D eigenvalue weighted by molar-refractivity contribution is 5.71. The molecule has 0 aliphatic rings. The first-order valence-corrected chi connectivity index (χ1v) is 5.43. The first kappa shape index (κ1) is 10.7. The Morgan fingerprint density at radius 1 is 0.875 bits per heavy atom. The summed E-state index contributed by atoms with van der Waals surface area (Å²) in [5.41, 5.74) is 4.98. The molecule has 0 saturated carbocycles. The van der Waals surface area contributed by atoms with Crippen LogP contribution in [0.2, 0.25) is 0 Å². The predicted molar refractivity (Wildman–Crippen MR) is 67.9 cm³/mol. The average Bonchev–Trinajstić information content (AvgIpc) is 2.32. The van der Waals surface area contributed by atoms with Crippen LogP contribution in [0.1, 0.15) is 11.1 Å². The van der Waals surface area contributed by atoms with E-state index < -0.39 is 0 Å². The van der Waals surface area contributed by atoms with Crippen molar-refractivity contribution in [3.8, 4) is 16.9 Å². The minimum absolute atomic E-state index is 0.922. The fraction of sp³-hybridized carbons (Fsp3) is 0.200. The van der Waals surface area contributed by atoms with Crippen molar-refractivity contribution < 1.29 is 4.74 Å². The van der Waals surface area contributed by atoms with Gasteiger partial charge in [0.2, 0.25) is 0 Å². The molecular weight excluding hydrogens is 196 g/mol. The third-order valence-electron chi connectivity index (χ3n) is 2.92. The number of aryl methyl sites for hydroxylation is 2. The Morgan fingerprint density at radius 2 is 1.62 bits per heavy atom. The van der Waals surface area contributed by atoms with Gasteiger partial charge in [-0.25, -0.2) is 0 Å². The summed E-state index contributed by atoms with van der Waals surface area (Å²) in [5.74, 6) is 0.922. The Morgan fingerprint density at radius 3 is 2.31 bits per heavy atom. The summed E-state index contributed by atoms with van der Waals surface area (Å²) >= 11 is 0. The molecule has 0 atom stereocenters. The zero-order valence-corrected chi connectivity index (χ0v) is 9.95. The minimum atomic E-state index is 0.922. The number of hydrogen-bond acceptors (Lipinski definition) is 1. The molecule has 2 aromatic carbocycles. The van der Waals surface area contributed by atoms with Crippen molar-refractivity contribution in [1.29, 1.82) is 0 Å². The lowest BCUT2D eigenvalue weighted by Crippen LogP contribution is -1.88. The number of rotatable bonds is 2. The molecule has 0 saturated heterocycles. The molecule has 0 radical (unpaired) electrons. The molecule has 2 aromatic rings. The van der Waals surface area contributed by atoms with E-state index in [1.807, 2.05) is 18.2 Å². The smallest absolute Gasteiger partial charge is 0.126 e. The fourth-order valence-electron chi connectivity index (χ4n) is 1.79. The average molecular weight is 212 g/mol. The summed E-state index contributed by atoms with van der Waals surface area (Å²) in [6.45, 7) is 4.26. The van der Waals surface area contributed by atoms with E-state index in [0.717, 1.165) is 11.3 Å². The van der Waals surface area contributed by atoms with Gasteiger partial charge in [-0.05, 0) is 36.6 Å². The number of methoxy groups -OCH3 is 1. The van der Waals surface area contributed by atoms with Crippen LogP contribution < -0.4 is 4.74 Å². The summed E-state index contributed by atoms with van der Waals surface area (Å²) in [6.07, 6.45) is 0. The Balaban J connectivity index is 2.54. The van der Waals surface area contributed by atoms with Gasteiger partial charge in [0.05, 0.1) is 7.11 Å². The van der Waals surface area contributed by atoms with Crippen LogP contribution in [0.5, 0.6) is 5.75 Å². The Labute approximate surface area is 96.7 Å². The van der Waals surface area contributed by atoms with Crippen molar-refractivity contribution in [3.63, 3.8) is 0 Å². The molecule has 1 nitrogen and oxygen atoms in total. The molecule has 0 aromatic heterocycles. The summed E-state index contributed by atoms with van der Waals surface area (Å²) in [4.78, 5) is 0. The van der Waals surface area contributed by atoms with Crippen LogP contribution in [-0.2, 0) is 0 Å². The van der Waals surface area contributed by atoms with Crippen molar-refractivity contribution in [3.05, 3.63) is 53.6 Å². The topological polar surface area (TPSA) is 9.23 Å². The van der Waals surface area contributed by atoms with Crippen LogP contribution in [0.25, 0.3) is 11.1 Å². The molecule has 0 heterocycles. The summed E-state index contributed by atoms with van der Waals surface area (Å²) in [6, 6.07) is 14.6. The Hall–Kier alpha value is -1.76. The van der Waals surface area contributed by atoms with Crippen LogP contribution >= 0.6 is 0 Å². The highest BCUT2D eigenvalue weighted by atomic mass is 16.5. The molecule has 82 valence electrons. The second-order valence-electron chi connectivity index (χ2n) is 4.00. The van der Waals surface area contributed by atoms with E-state index in [9.17, 15) is 0 Å². The third-order valence-corrected chi connectivity index (χ3v) is 2.92. The maximum absolute atomic E-state index is 5.37. The van der Waals surface area contributed by atoms with Gasteiger partial charge >= 0.3 is 0 Å². The molecule has 0 unspecified atom stereocenters. The lowest BCUT2D eigenvalue weighted by atomic mass is 10.00. The number of para-hydroxylation sites is 1. The molecule has 16 heavy (non-hydrogen) atoms. The van der Waals surface area contributed by atoms with Crippen molar-refractivity contribution in [2.45, 2.75) is 13.8 Å². The quantitative estimate of drug-likeness (QED) is 0.731. The van der Waals surface area contributed by atoms with E-state index >= 15 is 0 Å². The zero-order chi connectivity index (χ0) is 11.5. The second-order valence-corrected chi connectivity index (χ2v) is 4.00. The number of ether oxygens (including phenoxy) is 1. The van der Waals surface area contributed by atoms with E-state index in [1.165, 1.54) is 16.7 Å². The van der Waals surface area contributed by atoms with Gasteiger partial charge in [0.25, 0.3) is 0 Å². The first-order chi connectivity index (χ1) is 7.72. The van der Waals surface area contributed by atoms with E-state index in [1.54, 1.807) is 7.11 Å². The van der Waals surface area contributed by atoms with Gasteiger partial charge in [0, 0.05) is 5.56 Å². The van der Waals surface area contributed by atoms with Crippen LogP contribution in [0.15, 0.2) is 42.5 Å². The Kier molecular flexibility index (Phi) is 2.95. The van der Waals surface area contributed by atoms with E-state index in [4.69, 9.17) is 4.74 Å². The molecular formula is C15H16O. The molecule has 0 N–H and O–H groups in total. The van der Waals surface area contributed by atoms with Gasteiger partial charge in [0.1, 0.15) is 5.75 Å². The van der Waals surface area contributed by atoms with Gasteiger partial charge in [-0.15, -0.1) is 0 Å². The van der Waals surface area contributed by atoms with Gasteiger partial charge in [0.15, 0.2) is 0 Å². The lowest BCUT2D eigenvalue weighted by Gasteiger charge is -2.09. The minimum Gasteiger partial charge on any atom is -0.496 e. The van der Waals surface area contributed by atoms with Crippen LogP contribution in [-0.4, -0.2) is 7.11 Å². The van der Waals surface area contributed by atoms with E-state index in [0.29, 0.717) is 0 Å². The van der Waals surface area contributed by atoms with Crippen molar-refractivity contribution in [2.24, 2.45) is 0 Å². The predicted octanol–water partition coefficient (Wildman–Crippen LogP) is 3.98. The van der Waals surface area contributed by atoms with Crippen LogP contribution in [0.4, 0.5) is 0 Å². The van der Waals surface area contributed by atoms with Gasteiger partial charge < -0.3 is 4.74 Å². The highest BCUT2D eigenvalue weighted by Crippen LogP contribution is 2.30. The highest BCUT2D eigenvalue weighted by Gasteiger charge is 2.05. The van der Waals surface area contributed by atoms with Crippen molar-refractivity contribution >= 4 is 0 Å². The summed E-state index contributed by atoms with van der Waals surface area (Å²) < 4.78 is 5.37. The van der Waals surface area contributed by atoms with Crippen LogP contribution in [0, 0.1) is 13.8 Å². The molecule has 0 aliphatic carbocycles. The third kappa shape index (κ3) is 1.94. The molecule has 0 amide bonds. The molecule has 0 spiro atoms. The normalized spacial score (nSPS) is 10.2. The molecule has 1 heteroatoms. The van der Waals surface area contributed by atoms with Gasteiger partial charge in [-0.2, -0.15) is 0 Å². The largest absolute Gasteiger partial charge is 0.496 e. The van der Waals surface area contributed by atoms with Gasteiger partial charge in [-0.1, -0.05) is 36.4 Å². The molecule has 0 aliphatic heterocycles. The summed E-state index contributed by atoms with van der Waals surface area (Å²) in [5, 5.41) is 0. The molecule has 0 bridgehead atoms. The van der Waals surface area contributed by atoms with Gasteiger partial charge in [-0.3, -0.25) is 0 Å². The Bertz CT molecular complexity index is 501. The van der Waals surface area contributed by atoms with Crippen molar-refractivity contribution in [2.75, 3.05) is 7.11 Å². The van der Waals surface area contributed by atoms with E-state index in [2.05, 4.69) is 38.1 Å². The number of hydrogen-bond donors (Lipinski definition) is 0.